The molecule has 0 aromatic heterocycles. The standard InChI is InChI=1S/C9H16O/c10-8-4-3-7-9-5-1-2-6-9/h3-4,9-10H,1-2,5-8H2/b4-3+. The van der Waals surface area contributed by atoms with Gasteiger partial charge in [-0.05, 0) is 12.3 Å². The van der Waals surface area contributed by atoms with Crippen molar-refractivity contribution >= 4 is 0 Å². The first-order valence-corrected chi connectivity index (χ1v) is 4.19. The summed E-state index contributed by atoms with van der Waals surface area (Å²) in [7, 11) is 0. The van der Waals surface area contributed by atoms with E-state index in [4.69, 9.17) is 5.11 Å². The van der Waals surface area contributed by atoms with Crippen LogP contribution in [0.15, 0.2) is 12.2 Å². The van der Waals surface area contributed by atoms with Crippen molar-refractivity contribution in [2.45, 2.75) is 32.1 Å². The van der Waals surface area contributed by atoms with Gasteiger partial charge in [0.15, 0.2) is 0 Å². The highest BCUT2D eigenvalue weighted by Crippen LogP contribution is 2.27. The predicted molar refractivity (Wildman–Crippen MR) is 42.8 cm³/mol. The summed E-state index contributed by atoms with van der Waals surface area (Å²) >= 11 is 0. The van der Waals surface area contributed by atoms with Crippen molar-refractivity contribution in [3.8, 4) is 0 Å². The van der Waals surface area contributed by atoms with Crippen LogP contribution in [-0.2, 0) is 0 Å². The summed E-state index contributed by atoms with van der Waals surface area (Å²) < 4.78 is 0. The summed E-state index contributed by atoms with van der Waals surface area (Å²) in [5, 5.41) is 8.45. The molecular formula is C9H16O. The molecule has 1 saturated carbocycles. The maximum Gasteiger partial charge on any atom is 0.0612 e. The molecule has 1 aliphatic carbocycles. The Hall–Kier alpha value is -0.300. The first kappa shape index (κ1) is 7.80. The predicted octanol–water partition coefficient (Wildman–Crippen LogP) is 2.12. The Labute approximate surface area is 62.8 Å². The van der Waals surface area contributed by atoms with Crippen LogP contribution in [0.25, 0.3) is 0 Å². The van der Waals surface area contributed by atoms with Gasteiger partial charge in [0, 0.05) is 0 Å². The molecule has 10 heavy (non-hydrogen) atoms. The number of rotatable bonds is 3. The number of aliphatic hydroxyl groups is 1. The quantitative estimate of drug-likeness (QED) is 0.595. The first-order chi connectivity index (χ1) is 4.93. The van der Waals surface area contributed by atoms with Gasteiger partial charge in [-0.15, -0.1) is 0 Å². The van der Waals surface area contributed by atoms with E-state index in [0.717, 1.165) is 5.92 Å². The molecule has 1 rings (SSSR count). The molecule has 1 N–H and O–H groups in total. The van der Waals surface area contributed by atoms with Crippen LogP contribution in [-0.4, -0.2) is 11.7 Å². The van der Waals surface area contributed by atoms with Crippen LogP contribution in [0.3, 0.4) is 0 Å². The summed E-state index contributed by atoms with van der Waals surface area (Å²) in [4.78, 5) is 0. The zero-order valence-corrected chi connectivity index (χ0v) is 6.42. The van der Waals surface area contributed by atoms with Crippen LogP contribution >= 0.6 is 0 Å². The van der Waals surface area contributed by atoms with E-state index in [-0.39, 0.29) is 6.61 Å². The zero-order chi connectivity index (χ0) is 7.23. The highest BCUT2D eigenvalue weighted by atomic mass is 16.2. The minimum Gasteiger partial charge on any atom is -0.392 e. The van der Waals surface area contributed by atoms with Crippen LogP contribution in [0.2, 0.25) is 0 Å². The average molecular weight is 140 g/mol. The van der Waals surface area contributed by atoms with Gasteiger partial charge >= 0.3 is 0 Å². The first-order valence-electron chi connectivity index (χ1n) is 4.19. The Morgan fingerprint density at radius 3 is 2.50 bits per heavy atom. The molecule has 0 atom stereocenters. The minimum absolute atomic E-state index is 0.201. The van der Waals surface area contributed by atoms with E-state index in [9.17, 15) is 0 Å². The van der Waals surface area contributed by atoms with Gasteiger partial charge in [-0.3, -0.25) is 0 Å². The van der Waals surface area contributed by atoms with Crippen LogP contribution < -0.4 is 0 Å². The summed E-state index contributed by atoms with van der Waals surface area (Å²) in [6, 6.07) is 0. The molecule has 0 aromatic rings. The van der Waals surface area contributed by atoms with E-state index in [0.29, 0.717) is 0 Å². The average Bonchev–Trinajstić information content (AvgIpc) is 2.41. The van der Waals surface area contributed by atoms with Gasteiger partial charge in [-0.25, -0.2) is 0 Å². The molecule has 58 valence electrons. The van der Waals surface area contributed by atoms with Crippen molar-refractivity contribution in [1.29, 1.82) is 0 Å². The molecule has 1 nitrogen and oxygen atoms in total. The van der Waals surface area contributed by atoms with E-state index >= 15 is 0 Å². The van der Waals surface area contributed by atoms with E-state index in [1.165, 1.54) is 32.1 Å². The number of aliphatic hydroxyl groups excluding tert-OH is 1. The summed E-state index contributed by atoms with van der Waals surface area (Å²) in [5.41, 5.74) is 0. The SMILES string of the molecule is OC/C=C/CC1CCCC1. The van der Waals surface area contributed by atoms with Crippen molar-refractivity contribution in [3.63, 3.8) is 0 Å². The van der Waals surface area contributed by atoms with Crippen LogP contribution in [0, 0.1) is 5.92 Å². The molecular weight excluding hydrogens is 124 g/mol. The van der Waals surface area contributed by atoms with Crippen LogP contribution in [0.5, 0.6) is 0 Å². The Morgan fingerprint density at radius 1 is 1.20 bits per heavy atom. The summed E-state index contributed by atoms with van der Waals surface area (Å²) in [5.74, 6) is 0.919. The lowest BCUT2D eigenvalue weighted by atomic mass is 10.0. The largest absolute Gasteiger partial charge is 0.392 e. The smallest absolute Gasteiger partial charge is 0.0612 e. The van der Waals surface area contributed by atoms with E-state index < -0.39 is 0 Å². The second-order valence-corrected chi connectivity index (χ2v) is 3.04. The van der Waals surface area contributed by atoms with Crippen LogP contribution in [0.4, 0.5) is 0 Å². The Kier molecular flexibility index (Phi) is 3.52. The maximum absolute atomic E-state index is 8.45. The van der Waals surface area contributed by atoms with Gasteiger partial charge in [0.05, 0.1) is 6.61 Å². The molecule has 0 amide bonds. The van der Waals surface area contributed by atoms with Gasteiger partial charge in [-0.1, -0.05) is 37.8 Å². The Balaban J connectivity index is 2.06. The molecule has 0 radical (unpaired) electrons. The normalized spacial score (nSPS) is 20.9. The number of hydrogen-bond donors (Lipinski definition) is 1. The lowest BCUT2D eigenvalue weighted by Gasteiger charge is -2.02. The number of hydrogen-bond acceptors (Lipinski definition) is 1. The molecule has 0 heterocycles. The van der Waals surface area contributed by atoms with E-state index in [1.807, 2.05) is 6.08 Å². The van der Waals surface area contributed by atoms with Crippen molar-refractivity contribution in [1.82, 2.24) is 0 Å². The Bertz CT molecular complexity index is 101. The van der Waals surface area contributed by atoms with Crippen molar-refractivity contribution < 1.29 is 5.11 Å². The molecule has 1 heteroatoms. The lowest BCUT2D eigenvalue weighted by Crippen LogP contribution is -1.89. The third-order valence-corrected chi connectivity index (χ3v) is 2.22. The highest BCUT2D eigenvalue weighted by molar-refractivity contribution is 4.84. The van der Waals surface area contributed by atoms with Crippen molar-refractivity contribution in [3.05, 3.63) is 12.2 Å². The maximum atomic E-state index is 8.45. The van der Waals surface area contributed by atoms with Gasteiger partial charge in [0.2, 0.25) is 0 Å². The third-order valence-electron chi connectivity index (χ3n) is 2.22. The van der Waals surface area contributed by atoms with Gasteiger partial charge in [-0.2, -0.15) is 0 Å². The lowest BCUT2D eigenvalue weighted by molar-refractivity contribution is 0.342. The molecule has 0 bridgehead atoms. The molecule has 1 aliphatic rings. The van der Waals surface area contributed by atoms with Gasteiger partial charge < -0.3 is 5.11 Å². The zero-order valence-electron chi connectivity index (χ0n) is 6.42. The monoisotopic (exact) mass is 140 g/mol. The van der Waals surface area contributed by atoms with Crippen LogP contribution in [0.1, 0.15) is 32.1 Å². The molecule has 0 saturated heterocycles. The van der Waals surface area contributed by atoms with Crippen molar-refractivity contribution in [2.75, 3.05) is 6.61 Å². The molecule has 0 spiro atoms. The summed E-state index contributed by atoms with van der Waals surface area (Å²) in [6.45, 7) is 0.201. The minimum atomic E-state index is 0.201. The molecule has 0 unspecified atom stereocenters. The summed E-state index contributed by atoms with van der Waals surface area (Å²) in [6.07, 6.45) is 10.8. The molecule has 1 fully saturated rings. The second-order valence-electron chi connectivity index (χ2n) is 3.04. The Morgan fingerprint density at radius 2 is 1.90 bits per heavy atom. The molecule has 0 aliphatic heterocycles. The van der Waals surface area contributed by atoms with Gasteiger partial charge in [0.1, 0.15) is 0 Å². The fraction of sp³-hybridized carbons (Fsp3) is 0.778. The number of allylic oxidation sites excluding steroid dienone is 1. The topological polar surface area (TPSA) is 20.2 Å². The van der Waals surface area contributed by atoms with E-state index in [1.54, 1.807) is 0 Å². The third kappa shape index (κ3) is 2.53. The molecule has 0 aromatic carbocycles. The fourth-order valence-corrected chi connectivity index (χ4v) is 1.61. The van der Waals surface area contributed by atoms with Gasteiger partial charge in [0.25, 0.3) is 0 Å². The van der Waals surface area contributed by atoms with E-state index in [2.05, 4.69) is 6.08 Å². The highest BCUT2D eigenvalue weighted by Gasteiger charge is 2.12. The fourth-order valence-electron chi connectivity index (χ4n) is 1.61. The second kappa shape index (κ2) is 4.51. The van der Waals surface area contributed by atoms with Crippen molar-refractivity contribution in [2.24, 2.45) is 5.92 Å².